The van der Waals surface area contributed by atoms with Gasteiger partial charge in [0.25, 0.3) is 0 Å². The summed E-state index contributed by atoms with van der Waals surface area (Å²) in [7, 11) is 1.89. The standard InChI is InChI=1S/C25H23N9/c1-15(2)33-14-17(12-28-33)20-11-24-27-13-23(34(24)30-16(20)3)18-7-9-26-25-19(18)5-6-21(29-25)22-8-10-32(4)31-22/h5-15H,1-4H3. The Morgan fingerprint density at radius 2 is 1.79 bits per heavy atom. The van der Waals surface area contributed by atoms with Gasteiger partial charge in [-0.25, -0.2) is 19.5 Å². The molecule has 6 heterocycles. The van der Waals surface area contributed by atoms with Crippen LogP contribution in [0.15, 0.2) is 61.3 Å². The van der Waals surface area contributed by atoms with Gasteiger partial charge in [-0.1, -0.05) is 0 Å². The lowest BCUT2D eigenvalue weighted by Crippen LogP contribution is -2.01. The monoisotopic (exact) mass is 449 g/mol. The Bertz CT molecular complexity index is 1670. The maximum Gasteiger partial charge on any atom is 0.160 e. The molecule has 9 heteroatoms. The Morgan fingerprint density at radius 1 is 0.912 bits per heavy atom. The lowest BCUT2D eigenvalue weighted by molar-refractivity contribution is 0.532. The van der Waals surface area contributed by atoms with Crippen molar-refractivity contribution in [2.75, 3.05) is 0 Å². The van der Waals surface area contributed by atoms with Crippen molar-refractivity contribution >= 4 is 16.7 Å². The van der Waals surface area contributed by atoms with E-state index in [1.54, 1.807) is 10.9 Å². The second-order valence-corrected chi connectivity index (χ2v) is 8.66. The molecule has 6 aromatic rings. The van der Waals surface area contributed by atoms with Gasteiger partial charge < -0.3 is 0 Å². The minimum absolute atomic E-state index is 0.301. The highest BCUT2D eigenvalue weighted by molar-refractivity contribution is 5.92. The molecule has 0 unspecified atom stereocenters. The van der Waals surface area contributed by atoms with Crippen LogP contribution in [0.2, 0.25) is 0 Å². The van der Waals surface area contributed by atoms with Crippen LogP contribution in [0.5, 0.6) is 0 Å². The Balaban J connectivity index is 1.46. The Hall–Kier alpha value is -4.40. The predicted molar refractivity (Wildman–Crippen MR) is 130 cm³/mol. The van der Waals surface area contributed by atoms with Crippen LogP contribution < -0.4 is 0 Å². The van der Waals surface area contributed by atoms with Gasteiger partial charge in [0.2, 0.25) is 0 Å². The van der Waals surface area contributed by atoms with Crippen molar-refractivity contribution in [3.8, 4) is 33.8 Å². The molecule has 0 fully saturated rings. The summed E-state index contributed by atoms with van der Waals surface area (Å²) in [6.07, 6.45) is 9.46. The fourth-order valence-corrected chi connectivity index (χ4v) is 4.18. The Morgan fingerprint density at radius 3 is 2.56 bits per heavy atom. The van der Waals surface area contributed by atoms with Gasteiger partial charge in [0.15, 0.2) is 11.3 Å². The first-order chi connectivity index (χ1) is 16.5. The van der Waals surface area contributed by atoms with E-state index in [1.165, 1.54) is 0 Å². The Kier molecular flexibility index (Phi) is 4.51. The van der Waals surface area contributed by atoms with Gasteiger partial charge >= 0.3 is 0 Å². The maximum atomic E-state index is 4.88. The smallest absolute Gasteiger partial charge is 0.160 e. The van der Waals surface area contributed by atoms with Crippen molar-refractivity contribution in [3.63, 3.8) is 0 Å². The summed E-state index contributed by atoms with van der Waals surface area (Å²) < 4.78 is 5.60. The van der Waals surface area contributed by atoms with E-state index < -0.39 is 0 Å². The van der Waals surface area contributed by atoms with Gasteiger partial charge in [0.1, 0.15) is 5.69 Å². The molecule has 34 heavy (non-hydrogen) atoms. The molecule has 6 rings (SSSR count). The SMILES string of the molecule is Cc1nn2c(-c3ccnc4nc(-c5ccn(C)n5)ccc34)cnc2cc1-c1cnn(C(C)C)c1. The molecule has 6 aromatic heterocycles. The summed E-state index contributed by atoms with van der Waals surface area (Å²) in [4.78, 5) is 13.9. The molecular formula is C25H23N9. The van der Waals surface area contributed by atoms with E-state index in [9.17, 15) is 0 Å². The van der Waals surface area contributed by atoms with Crippen molar-refractivity contribution in [3.05, 3.63) is 67.0 Å². The van der Waals surface area contributed by atoms with Gasteiger partial charge in [0, 0.05) is 53.8 Å². The van der Waals surface area contributed by atoms with Crippen molar-refractivity contribution in [1.82, 2.24) is 44.1 Å². The molecule has 0 bridgehead atoms. The van der Waals surface area contributed by atoms with E-state index in [0.29, 0.717) is 11.7 Å². The lowest BCUT2D eigenvalue weighted by atomic mass is 10.1. The van der Waals surface area contributed by atoms with E-state index in [2.05, 4.69) is 46.3 Å². The van der Waals surface area contributed by atoms with E-state index in [0.717, 1.165) is 50.5 Å². The molecular weight excluding hydrogens is 426 g/mol. The average Bonchev–Trinajstić information content (AvgIpc) is 3.57. The molecule has 0 radical (unpaired) electrons. The van der Waals surface area contributed by atoms with Crippen molar-refractivity contribution < 1.29 is 0 Å². The van der Waals surface area contributed by atoms with Crippen LogP contribution in [-0.2, 0) is 7.05 Å². The summed E-state index contributed by atoms with van der Waals surface area (Å²) >= 11 is 0. The van der Waals surface area contributed by atoms with E-state index in [1.807, 2.05) is 66.0 Å². The molecule has 9 nitrogen and oxygen atoms in total. The zero-order chi connectivity index (χ0) is 23.4. The summed E-state index contributed by atoms with van der Waals surface area (Å²) in [5, 5.41) is 14.7. The van der Waals surface area contributed by atoms with Crippen LogP contribution in [0.4, 0.5) is 0 Å². The summed E-state index contributed by atoms with van der Waals surface area (Å²) in [5.41, 5.74) is 7.87. The Labute approximate surface area is 195 Å². The summed E-state index contributed by atoms with van der Waals surface area (Å²) in [6, 6.07) is 10.3. The number of pyridine rings is 2. The number of fused-ring (bicyclic) bond motifs is 2. The second kappa shape index (κ2) is 7.58. The van der Waals surface area contributed by atoms with Crippen molar-refractivity contribution in [2.45, 2.75) is 26.8 Å². The minimum Gasteiger partial charge on any atom is -0.275 e. The predicted octanol–water partition coefficient (Wildman–Crippen LogP) is 4.49. The van der Waals surface area contributed by atoms with Gasteiger partial charge in [-0.2, -0.15) is 15.3 Å². The molecule has 0 aromatic carbocycles. The van der Waals surface area contributed by atoms with Crippen LogP contribution in [0.3, 0.4) is 0 Å². The number of hydrogen-bond donors (Lipinski definition) is 0. The van der Waals surface area contributed by atoms with E-state index in [4.69, 9.17) is 10.1 Å². The van der Waals surface area contributed by atoms with Gasteiger partial charge in [-0.15, -0.1) is 0 Å². The molecule has 0 N–H and O–H groups in total. The van der Waals surface area contributed by atoms with Crippen LogP contribution in [-0.4, -0.2) is 44.1 Å². The third-order valence-corrected chi connectivity index (χ3v) is 5.97. The topological polar surface area (TPSA) is 91.6 Å². The van der Waals surface area contributed by atoms with Crippen LogP contribution in [0.25, 0.3) is 50.5 Å². The van der Waals surface area contributed by atoms with Crippen LogP contribution in [0.1, 0.15) is 25.6 Å². The van der Waals surface area contributed by atoms with Gasteiger partial charge in [-0.05, 0) is 51.1 Å². The normalized spacial score (nSPS) is 11.8. The fourth-order valence-electron chi connectivity index (χ4n) is 4.18. The minimum atomic E-state index is 0.301. The van der Waals surface area contributed by atoms with Gasteiger partial charge in [-0.3, -0.25) is 9.36 Å². The number of hydrogen-bond acceptors (Lipinski definition) is 6. The molecule has 0 saturated carbocycles. The quantitative estimate of drug-likeness (QED) is 0.394. The zero-order valence-corrected chi connectivity index (χ0v) is 19.4. The number of aromatic nitrogens is 9. The highest BCUT2D eigenvalue weighted by Crippen LogP contribution is 2.30. The number of imidazole rings is 1. The fraction of sp³-hybridized carbons (Fsp3) is 0.200. The largest absolute Gasteiger partial charge is 0.275 e. The highest BCUT2D eigenvalue weighted by Gasteiger charge is 2.16. The summed E-state index contributed by atoms with van der Waals surface area (Å²) in [5.74, 6) is 0. The van der Waals surface area contributed by atoms with Crippen molar-refractivity contribution in [1.29, 1.82) is 0 Å². The molecule has 168 valence electrons. The molecule has 0 atom stereocenters. The molecule has 0 saturated heterocycles. The first kappa shape index (κ1) is 20.2. The van der Waals surface area contributed by atoms with E-state index in [-0.39, 0.29) is 0 Å². The number of rotatable bonds is 4. The molecule has 0 aliphatic carbocycles. The molecule has 0 aliphatic heterocycles. The maximum absolute atomic E-state index is 4.88. The molecule has 0 aliphatic rings. The van der Waals surface area contributed by atoms with Crippen molar-refractivity contribution in [2.24, 2.45) is 7.05 Å². The van der Waals surface area contributed by atoms with Crippen LogP contribution in [0, 0.1) is 6.92 Å². The number of nitrogens with zero attached hydrogens (tertiary/aromatic N) is 9. The average molecular weight is 450 g/mol. The van der Waals surface area contributed by atoms with Crippen LogP contribution >= 0.6 is 0 Å². The number of aryl methyl sites for hydroxylation is 2. The molecule has 0 amide bonds. The third kappa shape index (κ3) is 3.24. The third-order valence-electron chi connectivity index (χ3n) is 5.97. The summed E-state index contributed by atoms with van der Waals surface area (Å²) in [6.45, 7) is 6.23. The highest BCUT2D eigenvalue weighted by atomic mass is 15.3. The van der Waals surface area contributed by atoms with Gasteiger partial charge in [0.05, 0.1) is 29.5 Å². The van der Waals surface area contributed by atoms with E-state index >= 15 is 0 Å². The first-order valence-electron chi connectivity index (χ1n) is 11.1. The first-order valence-corrected chi connectivity index (χ1v) is 11.1. The molecule has 0 spiro atoms. The second-order valence-electron chi connectivity index (χ2n) is 8.66. The zero-order valence-electron chi connectivity index (χ0n) is 19.4. The lowest BCUT2D eigenvalue weighted by Gasteiger charge is -2.08.